The molecule has 0 bridgehead atoms. The number of rotatable bonds is 6. The number of halogens is 1. The van der Waals surface area contributed by atoms with Crippen molar-refractivity contribution in [1.29, 1.82) is 0 Å². The molecule has 4 aromatic rings. The Morgan fingerprint density at radius 3 is 2.45 bits per heavy atom. The second-order valence-corrected chi connectivity index (χ2v) is 7.46. The van der Waals surface area contributed by atoms with Crippen molar-refractivity contribution in [3.63, 3.8) is 0 Å². The first-order chi connectivity index (χ1) is 14.1. The third-order valence-corrected chi connectivity index (χ3v) is 5.25. The van der Waals surface area contributed by atoms with Crippen LogP contribution in [0.25, 0.3) is 22.2 Å². The number of carbonyl (C=O) groups is 1. The van der Waals surface area contributed by atoms with E-state index in [9.17, 15) is 4.79 Å². The van der Waals surface area contributed by atoms with Crippen LogP contribution in [0.4, 0.5) is 0 Å². The number of aromatic nitrogens is 2. The lowest BCUT2D eigenvalue weighted by atomic mass is 10.1. The lowest BCUT2D eigenvalue weighted by molar-refractivity contribution is -0.123. The third kappa shape index (κ3) is 4.17. The van der Waals surface area contributed by atoms with Crippen molar-refractivity contribution in [1.82, 2.24) is 15.1 Å². The molecule has 0 saturated heterocycles. The second-order valence-electron chi connectivity index (χ2n) is 7.02. The average molecular weight is 404 g/mol. The van der Waals surface area contributed by atoms with Gasteiger partial charge in [-0.1, -0.05) is 72.3 Å². The first kappa shape index (κ1) is 19.2. The lowest BCUT2D eigenvalue weighted by Gasteiger charge is -2.14. The summed E-state index contributed by atoms with van der Waals surface area (Å²) in [4.78, 5) is 12.8. The molecule has 1 atom stereocenters. The highest BCUT2D eigenvalue weighted by molar-refractivity contribution is 6.31. The Kier molecular flexibility index (Phi) is 5.63. The molecule has 0 aliphatic heterocycles. The van der Waals surface area contributed by atoms with E-state index in [1.54, 1.807) is 4.68 Å². The molecule has 1 heterocycles. The third-order valence-electron chi connectivity index (χ3n) is 5.02. The van der Waals surface area contributed by atoms with Gasteiger partial charge in [0.2, 0.25) is 5.91 Å². The molecule has 0 fully saturated rings. The summed E-state index contributed by atoms with van der Waals surface area (Å²) in [6.45, 7) is 2.46. The minimum absolute atomic E-state index is 0.0557. The summed E-state index contributed by atoms with van der Waals surface area (Å²) in [5.74, 6) is -0.0557. The Morgan fingerprint density at radius 1 is 1.03 bits per heavy atom. The Balaban J connectivity index is 1.58. The standard InChI is InChI=1S/C24H22ClN3O/c1-17(24(29)26-15-14-18-8-4-2-5-9-18)28-22-13-12-20(25)16-21(22)23(27-28)19-10-6-3-7-11-19/h2-13,16-17H,14-15H2,1H3,(H,26,29)/t17-/m1/s1. The Bertz CT molecular complexity index is 1120. The number of hydrogen-bond acceptors (Lipinski definition) is 2. The van der Waals surface area contributed by atoms with Gasteiger partial charge in [0.15, 0.2) is 0 Å². The molecule has 4 nitrogen and oxygen atoms in total. The maximum absolute atomic E-state index is 12.8. The van der Waals surface area contributed by atoms with Crippen LogP contribution in [0.2, 0.25) is 5.02 Å². The molecule has 0 aliphatic rings. The molecule has 0 spiro atoms. The summed E-state index contributed by atoms with van der Waals surface area (Å²) >= 11 is 6.24. The molecule has 1 amide bonds. The topological polar surface area (TPSA) is 46.9 Å². The van der Waals surface area contributed by atoms with Crippen molar-refractivity contribution >= 4 is 28.4 Å². The molecule has 5 heteroatoms. The number of amides is 1. The number of carbonyl (C=O) groups excluding carboxylic acids is 1. The molecule has 0 radical (unpaired) electrons. The normalized spacial score (nSPS) is 12.1. The fraction of sp³-hybridized carbons (Fsp3) is 0.167. The van der Waals surface area contributed by atoms with Crippen LogP contribution in [0.3, 0.4) is 0 Å². The van der Waals surface area contributed by atoms with Crippen LogP contribution >= 0.6 is 11.6 Å². The van der Waals surface area contributed by atoms with Crippen molar-refractivity contribution in [3.05, 3.63) is 89.4 Å². The number of nitrogens with one attached hydrogen (secondary N) is 1. The van der Waals surface area contributed by atoms with E-state index in [4.69, 9.17) is 16.7 Å². The predicted octanol–water partition coefficient (Wildman–Crippen LogP) is 5.28. The highest BCUT2D eigenvalue weighted by Gasteiger charge is 2.21. The van der Waals surface area contributed by atoms with Crippen LogP contribution in [0.1, 0.15) is 18.5 Å². The van der Waals surface area contributed by atoms with Gasteiger partial charge < -0.3 is 5.32 Å². The quantitative estimate of drug-likeness (QED) is 0.476. The Labute approximate surface area is 175 Å². The van der Waals surface area contributed by atoms with Gasteiger partial charge >= 0.3 is 0 Å². The summed E-state index contributed by atoms with van der Waals surface area (Å²) < 4.78 is 1.78. The van der Waals surface area contributed by atoms with Crippen LogP contribution in [0, 0.1) is 0 Å². The first-order valence-corrected chi connectivity index (χ1v) is 10.1. The van der Waals surface area contributed by atoms with E-state index in [0.717, 1.165) is 28.6 Å². The minimum atomic E-state index is -0.438. The molecule has 29 heavy (non-hydrogen) atoms. The molecule has 0 saturated carbocycles. The monoisotopic (exact) mass is 403 g/mol. The van der Waals surface area contributed by atoms with Crippen molar-refractivity contribution in [3.8, 4) is 11.3 Å². The summed E-state index contributed by atoms with van der Waals surface area (Å²) in [6, 6.07) is 25.3. The second kappa shape index (κ2) is 8.50. The van der Waals surface area contributed by atoms with Crippen molar-refractivity contribution < 1.29 is 4.79 Å². The van der Waals surface area contributed by atoms with Crippen molar-refractivity contribution in [2.45, 2.75) is 19.4 Å². The maximum atomic E-state index is 12.8. The van der Waals surface area contributed by atoms with E-state index < -0.39 is 6.04 Å². The molecule has 1 N–H and O–H groups in total. The van der Waals surface area contributed by atoms with Gasteiger partial charge in [0, 0.05) is 22.5 Å². The summed E-state index contributed by atoms with van der Waals surface area (Å²) in [5.41, 5.74) is 3.91. The molecular formula is C24H22ClN3O. The summed E-state index contributed by atoms with van der Waals surface area (Å²) in [7, 11) is 0. The summed E-state index contributed by atoms with van der Waals surface area (Å²) in [5, 5.41) is 9.40. The molecule has 0 aliphatic carbocycles. The van der Waals surface area contributed by atoms with Crippen LogP contribution in [-0.4, -0.2) is 22.2 Å². The zero-order valence-electron chi connectivity index (χ0n) is 16.2. The van der Waals surface area contributed by atoms with E-state index in [0.29, 0.717) is 11.6 Å². The van der Waals surface area contributed by atoms with E-state index in [-0.39, 0.29) is 5.91 Å². The smallest absolute Gasteiger partial charge is 0.244 e. The molecule has 3 aromatic carbocycles. The number of fused-ring (bicyclic) bond motifs is 1. The van der Waals surface area contributed by atoms with Crippen LogP contribution in [0.15, 0.2) is 78.9 Å². The Morgan fingerprint density at radius 2 is 1.72 bits per heavy atom. The highest BCUT2D eigenvalue weighted by atomic mass is 35.5. The van der Waals surface area contributed by atoms with Crippen LogP contribution in [0.5, 0.6) is 0 Å². The fourth-order valence-corrected chi connectivity index (χ4v) is 3.62. The zero-order chi connectivity index (χ0) is 20.2. The average Bonchev–Trinajstić information content (AvgIpc) is 3.13. The van der Waals surface area contributed by atoms with Gasteiger partial charge in [0.1, 0.15) is 11.7 Å². The molecule has 1 aromatic heterocycles. The molecule has 4 rings (SSSR count). The fourth-order valence-electron chi connectivity index (χ4n) is 3.45. The van der Waals surface area contributed by atoms with Crippen molar-refractivity contribution in [2.24, 2.45) is 0 Å². The van der Waals surface area contributed by atoms with Gasteiger partial charge in [-0.05, 0) is 37.1 Å². The maximum Gasteiger partial charge on any atom is 0.244 e. The highest BCUT2D eigenvalue weighted by Crippen LogP contribution is 2.31. The van der Waals surface area contributed by atoms with Gasteiger partial charge in [-0.15, -0.1) is 0 Å². The van der Waals surface area contributed by atoms with Crippen LogP contribution in [-0.2, 0) is 11.2 Å². The molecule has 0 unspecified atom stereocenters. The largest absolute Gasteiger partial charge is 0.354 e. The van der Waals surface area contributed by atoms with Crippen LogP contribution < -0.4 is 5.32 Å². The lowest BCUT2D eigenvalue weighted by Crippen LogP contribution is -2.32. The minimum Gasteiger partial charge on any atom is -0.354 e. The first-order valence-electron chi connectivity index (χ1n) is 9.68. The zero-order valence-corrected chi connectivity index (χ0v) is 16.9. The number of benzene rings is 3. The van der Waals surface area contributed by atoms with E-state index in [2.05, 4.69) is 17.4 Å². The molecular weight excluding hydrogens is 382 g/mol. The van der Waals surface area contributed by atoms with Gasteiger partial charge in [0.25, 0.3) is 0 Å². The molecule has 146 valence electrons. The van der Waals surface area contributed by atoms with E-state index in [1.165, 1.54) is 5.56 Å². The van der Waals surface area contributed by atoms with E-state index in [1.807, 2.05) is 73.7 Å². The van der Waals surface area contributed by atoms with Gasteiger partial charge in [-0.3, -0.25) is 9.48 Å². The van der Waals surface area contributed by atoms with Gasteiger partial charge in [-0.2, -0.15) is 5.10 Å². The van der Waals surface area contributed by atoms with Crippen molar-refractivity contribution in [2.75, 3.05) is 6.54 Å². The summed E-state index contributed by atoms with van der Waals surface area (Å²) in [6.07, 6.45) is 0.796. The van der Waals surface area contributed by atoms with E-state index >= 15 is 0 Å². The SMILES string of the molecule is C[C@H](C(=O)NCCc1ccccc1)n1nc(-c2ccccc2)c2cc(Cl)ccc21. The van der Waals surface area contributed by atoms with Gasteiger partial charge in [-0.25, -0.2) is 0 Å². The Hall–Kier alpha value is -3.11. The number of nitrogens with zero attached hydrogens (tertiary/aromatic N) is 2. The number of hydrogen-bond donors (Lipinski definition) is 1. The van der Waals surface area contributed by atoms with Gasteiger partial charge in [0.05, 0.1) is 5.52 Å². The predicted molar refractivity (Wildman–Crippen MR) is 118 cm³/mol.